The number of nitrogens with zero attached hydrogens (tertiary/aromatic N) is 1. The summed E-state index contributed by atoms with van der Waals surface area (Å²) in [7, 11) is 0. The van der Waals surface area contributed by atoms with E-state index in [1.165, 1.54) is 54.6 Å². The van der Waals surface area contributed by atoms with Crippen LogP contribution >= 0.6 is 0 Å². The molecule has 0 spiro atoms. The monoisotopic (exact) mass is 505 g/mol. The van der Waals surface area contributed by atoms with E-state index >= 15 is 0 Å². The van der Waals surface area contributed by atoms with Gasteiger partial charge in [0.2, 0.25) is 5.90 Å². The highest BCUT2D eigenvalue weighted by atomic mass is 16.5. The van der Waals surface area contributed by atoms with Gasteiger partial charge in [-0.25, -0.2) is 4.99 Å². The predicted octanol–water partition coefficient (Wildman–Crippen LogP) is 9.81. The van der Waals surface area contributed by atoms with Gasteiger partial charge in [0, 0.05) is 5.56 Å². The smallest absolute Gasteiger partial charge is 0.217 e. The fraction of sp³-hybridized carbons (Fsp3) is 0.162. The molecule has 0 aromatic heterocycles. The minimum Gasteiger partial charge on any atom is -0.469 e. The average Bonchev–Trinajstić information content (AvgIpc) is 3.17. The SMILES string of the molecule is CC1(C)N=C(c2ccc(-c3c4ccccc4c(-c4ccc5ccccc5c4)c4ccccc34)cc2)OC1(C)C. The van der Waals surface area contributed by atoms with Crippen LogP contribution in [0.5, 0.6) is 0 Å². The Hall–Kier alpha value is -4.43. The van der Waals surface area contributed by atoms with E-state index in [0.717, 1.165) is 11.5 Å². The van der Waals surface area contributed by atoms with Gasteiger partial charge in [-0.1, -0.05) is 97.1 Å². The van der Waals surface area contributed by atoms with Gasteiger partial charge in [-0.15, -0.1) is 0 Å². The molecule has 1 heterocycles. The molecular weight excluding hydrogens is 474 g/mol. The number of aliphatic imine (C=N–C) groups is 1. The maximum absolute atomic E-state index is 6.28. The van der Waals surface area contributed by atoms with Crippen LogP contribution in [0.3, 0.4) is 0 Å². The van der Waals surface area contributed by atoms with E-state index in [-0.39, 0.29) is 11.1 Å². The van der Waals surface area contributed by atoms with Gasteiger partial charge in [0.25, 0.3) is 0 Å². The molecule has 1 aliphatic rings. The van der Waals surface area contributed by atoms with Crippen molar-refractivity contribution in [1.82, 2.24) is 0 Å². The van der Waals surface area contributed by atoms with Crippen LogP contribution in [0.25, 0.3) is 54.6 Å². The van der Waals surface area contributed by atoms with Crippen LogP contribution in [0, 0.1) is 0 Å². The molecule has 0 saturated carbocycles. The van der Waals surface area contributed by atoms with Crippen LogP contribution < -0.4 is 0 Å². The van der Waals surface area contributed by atoms with Gasteiger partial charge in [0.05, 0.1) is 5.54 Å². The van der Waals surface area contributed by atoms with Crippen LogP contribution in [0.2, 0.25) is 0 Å². The highest BCUT2D eigenvalue weighted by Crippen LogP contribution is 2.44. The summed E-state index contributed by atoms with van der Waals surface area (Å²) in [6.45, 7) is 8.47. The van der Waals surface area contributed by atoms with Crippen LogP contribution in [-0.4, -0.2) is 17.0 Å². The third-order valence-corrected chi connectivity index (χ3v) is 8.60. The molecule has 7 rings (SSSR count). The number of hydrogen-bond donors (Lipinski definition) is 0. The van der Waals surface area contributed by atoms with Gasteiger partial charge in [0.1, 0.15) is 5.60 Å². The first kappa shape index (κ1) is 23.7. The Morgan fingerprint density at radius 3 is 1.49 bits per heavy atom. The summed E-state index contributed by atoms with van der Waals surface area (Å²) in [6.07, 6.45) is 0. The summed E-state index contributed by atoms with van der Waals surface area (Å²) < 4.78 is 6.28. The highest BCUT2D eigenvalue weighted by molar-refractivity contribution is 6.21. The molecular formula is C37H31NO. The van der Waals surface area contributed by atoms with Crippen molar-refractivity contribution in [3.05, 3.63) is 121 Å². The minimum absolute atomic E-state index is 0.272. The number of benzene rings is 6. The molecule has 2 heteroatoms. The van der Waals surface area contributed by atoms with Gasteiger partial charge in [-0.3, -0.25) is 0 Å². The van der Waals surface area contributed by atoms with Gasteiger partial charge in [0.15, 0.2) is 0 Å². The van der Waals surface area contributed by atoms with Crippen molar-refractivity contribution in [3.63, 3.8) is 0 Å². The van der Waals surface area contributed by atoms with E-state index in [2.05, 4.69) is 143 Å². The number of rotatable bonds is 3. The molecule has 6 aromatic rings. The molecule has 0 fully saturated rings. The van der Waals surface area contributed by atoms with Crippen molar-refractivity contribution >= 4 is 38.2 Å². The maximum Gasteiger partial charge on any atom is 0.217 e. The number of hydrogen-bond acceptors (Lipinski definition) is 2. The second-order valence-corrected chi connectivity index (χ2v) is 11.6. The van der Waals surface area contributed by atoms with Crippen molar-refractivity contribution in [2.75, 3.05) is 0 Å². The van der Waals surface area contributed by atoms with Crippen LogP contribution in [0.1, 0.15) is 33.3 Å². The Morgan fingerprint density at radius 2 is 0.949 bits per heavy atom. The Balaban J connectivity index is 1.43. The highest BCUT2D eigenvalue weighted by Gasteiger charge is 2.45. The van der Waals surface area contributed by atoms with Gasteiger partial charge >= 0.3 is 0 Å². The van der Waals surface area contributed by atoms with Crippen LogP contribution in [-0.2, 0) is 4.74 Å². The molecule has 0 bridgehead atoms. The molecule has 0 radical (unpaired) electrons. The third kappa shape index (κ3) is 3.74. The summed E-state index contributed by atoms with van der Waals surface area (Å²) in [5.74, 6) is 0.720. The Morgan fingerprint density at radius 1 is 0.487 bits per heavy atom. The van der Waals surface area contributed by atoms with Crippen molar-refractivity contribution in [2.45, 2.75) is 38.8 Å². The molecule has 0 atom stereocenters. The number of ether oxygens (including phenoxy) is 1. The molecule has 0 amide bonds. The Kier molecular flexibility index (Phi) is 5.18. The first-order chi connectivity index (χ1) is 18.8. The van der Waals surface area contributed by atoms with E-state index in [4.69, 9.17) is 9.73 Å². The maximum atomic E-state index is 6.28. The molecule has 39 heavy (non-hydrogen) atoms. The third-order valence-electron chi connectivity index (χ3n) is 8.60. The molecule has 0 aliphatic carbocycles. The normalized spacial score (nSPS) is 15.9. The molecule has 0 unspecified atom stereocenters. The fourth-order valence-corrected chi connectivity index (χ4v) is 5.78. The minimum atomic E-state index is -0.341. The Labute approximate surface area is 229 Å². The molecule has 190 valence electrons. The molecule has 6 aromatic carbocycles. The lowest BCUT2D eigenvalue weighted by atomic mass is 9.85. The zero-order valence-corrected chi connectivity index (χ0v) is 22.8. The van der Waals surface area contributed by atoms with Crippen molar-refractivity contribution < 1.29 is 4.74 Å². The van der Waals surface area contributed by atoms with Crippen LogP contribution in [0.15, 0.2) is 120 Å². The van der Waals surface area contributed by atoms with Gasteiger partial charge < -0.3 is 4.74 Å². The summed E-state index contributed by atoms with van der Waals surface area (Å²) in [4.78, 5) is 4.91. The van der Waals surface area contributed by atoms with E-state index in [9.17, 15) is 0 Å². The molecule has 0 N–H and O–H groups in total. The zero-order valence-electron chi connectivity index (χ0n) is 22.8. The lowest BCUT2D eigenvalue weighted by Crippen LogP contribution is -2.41. The second kappa shape index (κ2) is 8.54. The van der Waals surface area contributed by atoms with Crippen molar-refractivity contribution in [1.29, 1.82) is 0 Å². The fourth-order valence-electron chi connectivity index (χ4n) is 5.78. The topological polar surface area (TPSA) is 21.6 Å². The molecule has 1 aliphatic heterocycles. The first-order valence-electron chi connectivity index (χ1n) is 13.6. The quantitative estimate of drug-likeness (QED) is 0.219. The van der Waals surface area contributed by atoms with Gasteiger partial charge in [-0.2, -0.15) is 0 Å². The second-order valence-electron chi connectivity index (χ2n) is 11.6. The number of fused-ring (bicyclic) bond motifs is 3. The Bertz CT molecular complexity index is 1870. The summed E-state index contributed by atoms with van der Waals surface area (Å²) in [5.41, 5.74) is 5.37. The summed E-state index contributed by atoms with van der Waals surface area (Å²) in [6, 6.07) is 41.7. The van der Waals surface area contributed by atoms with Gasteiger partial charge in [-0.05, 0) is 100 Å². The summed E-state index contributed by atoms with van der Waals surface area (Å²) >= 11 is 0. The lowest BCUT2D eigenvalue weighted by Gasteiger charge is -2.30. The largest absolute Gasteiger partial charge is 0.469 e. The van der Waals surface area contributed by atoms with E-state index in [0.29, 0.717) is 0 Å². The van der Waals surface area contributed by atoms with Crippen molar-refractivity contribution in [2.24, 2.45) is 4.99 Å². The lowest BCUT2D eigenvalue weighted by molar-refractivity contribution is 0.0619. The van der Waals surface area contributed by atoms with Crippen molar-refractivity contribution in [3.8, 4) is 22.3 Å². The standard InChI is InChI=1S/C37H31NO/c1-36(2)37(3,4)39-35(38-36)26-20-18-25(19-21-26)33-29-13-7-9-15-31(29)34(32-16-10-8-14-30(32)33)28-22-17-24-11-5-6-12-27(24)23-28/h5-23H,1-4H3. The van der Waals surface area contributed by atoms with E-state index in [1.54, 1.807) is 0 Å². The molecule has 0 saturated heterocycles. The van der Waals surface area contributed by atoms with E-state index in [1.807, 2.05) is 0 Å². The zero-order chi connectivity index (χ0) is 26.8. The summed E-state index contributed by atoms with van der Waals surface area (Å²) in [5, 5.41) is 7.54. The van der Waals surface area contributed by atoms with E-state index < -0.39 is 0 Å². The predicted molar refractivity (Wildman–Crippen MR) is 166 cm³/mol. The first-order valence-corrected chi connectivity index (χ1v) is 13.6. The molecule has 2 nitrogen and oxygen atoms in total. The average molecular weight is 506 g/mol. The van der Waals surface area contributed by atoms with Crippen LogP contribution in [0.4, 0.5) is 0 Å².